The maximum absolute atomic E-state index is 12.5. The lowest BCUT2D eigenvalue weighted by Crippen LogP contribution is -2.45. The Balaban J connectivity index is 1.69. The zero-order valence-electron chi connectivity index (χ0n) is 16.0. The van der Waals surface area contributed by atoms with Gasteiger partial charge in [-0.05, 0) is 39.7 Å². The van der Waals surface area contributed by atoms with E-state index in [4.69, 9.17) is 9.47 Å². The number of carboxylic acid groups (broad SMARTS) is 1. The van der Waals surface area contributed by atoms with Crippen LogP contribution in [0.5, 0.6) is 5.88 Å². The van der Waals surface area contributed by atoms with Crippen molar-refractivity contribution in [2.24, 2.45) is 5.41 Å². The summed E-state index contributed by atoms with van der Waals surface area (Å²) < 4.78 is 11.3. The molecule has 3 rings (SSSR count). The summed E-state index contributed by atoms with van der Waals surface area (Å²) in [6, 6.07) is 4.47. The zero-order valence-corrected chi connectivity index (χ0v) is 16.0. The van der Waals surface area contributed by atoms with E-state index in [1.165, 1.54) is 4.90 Å². The lowest BCUT2D eigenvalue weighted by Gasteiger charge is -2.28. The van der Waals surface area contributed by atoms with E-state index in [9.17, 15) is 14.7 Å². The molecule has 0 bridgehead atoms. The van der Waals surface area contributed by atoms with Gasteiger partial charge in [-0.15, -0.1) is 6.58 Å². The molecule has 1 saturated carbocycles. The van der Waals surface area contributed by atoms with Crippen molar-refractivity contribution in [1.82, 2.24) is 9.88 Å². The lowest BCUT2D eigenvalue weighted by molar-refractivity contribution is -0.142. The van der Waals surface area contributed by atoms with Crippen LogP contribution in [0.1, 0.15) is 39.3 Å². The first kappa shape index (κ1) is 19.2. The molecule has 0 unspecified atom stereocenters. The quantitative estimate of drug-likeness (QED) is 0.770. The van der Waals surface area contributed by atoms with Gasteiger partial charge in [-0.2, -0.15) is 0 Å². The van der Waals surface area contributed by atoms with Gasteiger partial charge in [-0.3, -0.25) is 4.90 Å². The molecule has 1 aromatic heterocycles. The second-order valence-electron chi connectivity index (χ2n) is 8.28. The average molecular weight is 374 g/mol. The molecule has 1 aliphatic carbocycles. The predicted octanol–water partition coefficient (Wildman–Crippen LogP) is 3.04. The van der Waals surface area contributed by atoms with Crippen LogP contribution in [0.4, 0.5) is 4.79 Å². The second-order valence-corrected chi connectivity index (χ2v) is 8.28. The van der Waals surface area contributed by atoms with Crippen LogP contribution in [-0.2, 0) is 16.0 Å². The minimum absolute atomic E-state index is 0.176. The van der Waals surface area contributed by atoms with E-state index in [0.29, 0.717) is 31.7 Å². The van der Waals surface area contributed by atoms with Crippen LogP contribution in [0.2, 0.25) is 0 Å². The van der Waals surface area contributed by atoms with Gasteiger partial charge in [-0.25, -0.2) is 14.6 Å². The minimum Gasteiger partial charge on any atom is -0.480 e. The van der Waals surface area contributed by atoms with Gasteiger partial charge in [0.1, 0.15) is 11.6 Å². The third-order valence-electron chi connectivity index (χ3n) is 4.95. The van der Waals surface area contributed by atoms with Crippen molar-refractivity contribution in [2.45, 2.75) is 57.7 Å². The van der Waals surface area contributed by atoms with Gasteiger partial charge in [-0.1, -0.05) is 12.1 Å². The zero-order chi connectivity index (χ0) is 19.8. The monoisotopic (exact) mass is 374 g/mol. The van der Waals surface area contributed by atoms with Crippen LogP contribution in [-0.4, -0.2) is 51.3 Å². The molecule has 2 fully saturated rings. The fourth-order valence-electron chi connectivity index (χ4n) is 3.65. The number of aliphatic carboxylic acids is 1. The first-order valence-electron chi connectivity index (χ1n) is 9.09. The Bertz CT molecular complexity index is 757. The van der Waals surface area contributed by atoms with Gasteiger partial charge >= 0.3 is 12.1 Å². The number of aromatic nitrogens is 1. The van der Waals surface area contributed by atoms with Gasteiger partial charge in [0.25, 0.3) is 0 Å². The third-order valence-corrected chi connectivity index (χ3v) is 4.95. The molecule has 0 radical (unpaired) electrons. The number of pyridine rings is 1. The van der Waals surface area contributed by atoms with Crippen LogP contribution in [0, 0.1) is 5.41 Å². The molecule has 1 aromatic rings. The van der Waals surface area contributed by atoms with E-state index in [-0.39, 0.29) is 11.5 Å². The number of hydrogen-bond donors (Lipinski definition) is 1. The Morgan fingerprint density at radius 3 is 2.78 bits per heavy atom. The summed E-state index contributed by atoms with van der Waals surface area (Å²) in [5, 5.41) is 9.55. The highest BCUT2D eigenvalue weighted by molar-refractivity contribution is 5.82. The van der Waals surface area contributed by atoms with Crippen molar-refractivity contribution in [1.29, 1.82) is 0 Å². The number of allylic oxidation sites excluding steroid dienone is 1. The smallest absolute Gasteiger partial charge is 0.411 e. The maximum atomic E-state index is 12.5. The molecule has 7 heteroatoms. The highest BCUT2D eigenvalue weighted by Crippen LogP contribution is 2.59. The summed E-state index contributed by atoms with van der Waals surface area (Å²) in [6.07, 6.45) is 2.92. The van der Waals surface area contributed by atoms with Gasteiger partial charge < -0.3 is 14.6 Å². The van der Waals surface area contributed by atoms with E-state index in [0.717, 1.165) is 5.69 Å². The molecule has 1 amide bonds. The van der Waals surface area contributed by atoms with Crippen LogP contribution in [0.25, 0.3) is 0 Å². The Kier molecular flexibility index (Phi) is 4.88. The molecule has 1 aliphatic heterocycles. The minimum atomic E-state index is -1.02. The molecule has 3 atom stereocenters. The molecule has 2 heterocycles. The summed E-state index contributed by atoms with van der Waals surface area (Å²) in [6.45, 7) is 9.32. The first-order valence-corrected chi connectivity index (χ1v) is 9.09. The number of fused-ring (bicyclic) bond motifs is 1. The molecule has 146 valence electrons. The predicted molar refractivity (Wildman–Crippen MR) is 98.6 cm³/mol. The van der Waals surface area contributed by atoms with Crippen molar-refractivity contribution in [3.05, 3.63) is 36.5 Å². The first-order chi connectivity index (χ1) is 12.6. The van der Waals surface area contributed by atoms with Crippen LogP contribution in [0.3, 0.4) is 0 Å². The van der Waals surface area contributed by atoms with E-state index in [1.54, 1.807) is 32.9 Å². The summed E-state index contributed by atoms with van der Waals surface area (Å²) in [4.78, 5) is 30.0. The Morgan fingerprint density at radius 1 is 1.41 bits per heavy atom. The van der Waals surface area contributed by atoms with Gasteiger partial charge in [0, 0.05) is 29.6 Å². The number of carbonyl (C=O) groups excluding carboxylic acids is 1. The van der Waals surface area contributed by atoms with Crippen molar-refractivity contribution in [2.75, 3.05) is 6.61 Å². The highest BCUT2D eigenvalue weighted by Gasteiger charge is 2.68. The van der Waals surface area contributed by atoms with Crippen LogP contribution < -0.4 is 4.74 Å². The molecule has 0 aromatic carbocycles. The molecular weight excluding hydrogens is 348 g/mol. The molecule has 1 N–H and O–H groups in total. The molecule has 0 spiro atoms. The Morgan fingerprint density at radius 2 is 2.15 bits per heavy atom. The van der Waals surface area contributed by atoms with Gasteiger partial charge in [0.2, 0.25) is 5.88 Å². The van der Waals surface area contributed by atoms with E-state index in [2.05, 4.69) is 11.6 Å². The normalized spacial score (nSPS) is 26.3. The number of hydrogen-bond acceptors (Lipinski definition) is 5. The topological polar surface area (TPSA) is 89.0 Å². The lowest BCUT2D eigenvalue weighted by atomic mass is 10.0. The standard InChI is InChI=1S/C20H26N2O5/c1-5-7-13-8-6-9-16(21-13)26-12-20-10-14(17(23)24)22(15(20)11-20)18(25)27-19(2,3)4/h5-6,8-9,14-15H,1,7,10-12H2,2-4H3,(H,23,24)/t14-,15+,20-/m0/s1. The van der Waals surface area contributed by atoms with Crippen LogP contribution >= 0.6 is 0 Å². The fraction of sp³-hybridized carbons (Fsp3) is 0.550. The van der Waals surface area contributed by atoms with E-state index >= 15 is 0 Å². The van der Waals surface area contributed by atoms with E-state index in [1.807, 2.05) is 12.1 Å². The van der Waals surface area contributed by atoms with Crippen molar-refractivity contribution in [3.8, 4) is 5.88 Å². The summed E-state index contributed by atoms with van der Waals surface area (Å²) in [7, 11) is 0. The number of nitrogens with zero attached hydrogens (tertiary/aromatic N) is 2. The Labute approximate surface area is 159 Å². The highest BCUT2D eigenvalue weighted by atomic mass is 16.6. The molecule has 7 nitrogen and oxygen atoms in total. The van der Waals surface area contributed by atoms with Gasteiger partial charge in [0.15, 0.2) is 0 Å². The Hall–Kier alpha value is -2.57. The van der Waals surface area contributed by atoms with Gasteiger partial charge in [0.05, 0.1) is 6.61 Å². The summed E-state index contributed by atoms with van der Waals surface area (Å²) >= 11 is 0. The van der Waals surface area contributed by atoms with Crippen molar-refractivity contribution < 1.29 is 24.2 Å². The number of carbonyl (C=O) groups is 2. The fourth-order valence-corrected chi connectivity index (χ4v) is 3.65. The molecule has 1 saturated heterocycles. The summed E-state index contributed by atoms with van der Waals surface area (Å²) in [5.74, 6) is -0.518. The number of likely N-dealkylation sites (tertiary alicyclic amines) is 1. The molecule has 2 aliphatic rings. The number of carboxylic acids is 1. The number of amides is 1. The number of ether oxygens (including phenoxy) is 2. The molecular formula is C20H26N2O5. The third kappa shape index (κ3) is 4.07. The largest absolute Gasteiger partial charge is 0.480 e. The maximum Gasteiger partial charge on any atom is 0.411 e. The van der Waals surface area contributed by atoms with Crippen LogP contribution in [0.15, 0.2) is 30.9 Å². The van der Waals surface area contributed by atoms with Crippen molar-refractivity contribution in [3.63, 3.8) is 0 Å². The van der Waals surface area contributed by atoms with Crippen molar-refractivity contribution >= 4 is 12.1 Å². The summed E-state index contributed by atoms with van der Waals surface area (Å²) in [5.41, 5.74) is -0.167. The number of rotatable bonds is 6. The average Bonchev–Trinajstić information content (AvgIpc) is 3.16. The number of piperidine rings is 1. The van der Waals surface area contributed by atoms with E-state index < -0.39 is 23.7 Å². The second kappa shape index (κ2) is 6.87. The SMILES string of the molecule is C=CCc1cccc(OC[C@@]23C[C@@H](C(=O)O)N(C(=O)OC(C)(C)C)[C@@H]2C3)n1. The molecule has 27 heavy (non-hydrogen) atoms.